The molecular formula is C22H29IN4. The fourth-order valence-corrected chi connectivity index (χ4v) is 4.18. The van der Waals surface area contributed by atoms with Crippen LogP contribution in [0.2, 0.25) is 0 Å². The Balaban J connectivity index is 0.00000210. The van der Waals surface area contributed by atoms with Crippen LogP contribution in [0.3, 0.4) is 0 Å². The highest BCUT2D eigenvalue weighted by Gasteiger charge is 2.29. The zero-order chi connectivity index (χ0) is 17.8. The molecule has 1 fully saturated rings. The van der Waals surface area contributed by atoms with E-state index in [1.54, 1.807) is 0 Å². The van der Waals surface area contributed by atoms with E-state index in [4.69, 9.17) is 0 Å². The molecule has 4 rings (SSSR count). The van der Waals surface area contributed by atoms with Crippen LogP contribution in [0.1, 0.15) is 12.0 Å². The molecular weight excluding hydrogens is 447 g/mol. The molecule has 0 radical (unpaired) electrons. The van der Waals surface area contributed by atoms with Crippen LogP contribution in [0.25, 0.3) is 10.8 Å². The Labute approximate surface area is 179 Å². The van der Waals surface area contributed by atoms with Crippen molar-refractivity contribution in [2.45, 2.75) is 18.9 Å². The third-order valence-electron chi connectivity index (χ3n) is 5.60. The van der Waals surface area contributed by atoms with E-state index in [0.717, 1.165) is 45.1 Å². The molecule has 0 bridgehead atoms. The molecule has 2 aromatic carbocycles. The Hall–Kier alpha value is -1.60. The van der Waals surface area contributed by atoms with Crippen LogP contribution < -0.4 is 5.32 Å². The largest absolute Gasteiger partial charge is 0.356 e. The second kappa shape index (κ2) is 9.55. The van der Waals surface area contributed by atoms with Crippen LogP contribution in [0.15, 0.2) is 59.6 Å². The summed E-state index contributed by atoms with van der Waals surface area (Å²) in [7, 11) is 1.89. The SMILES string of the molecule is CN=C(NCCc1cccc2ccccc12)N1CCC(N2CC=CC2)C1.I. The van der Waals surface area contributed by atoms with Crippen LogP contribution in [-0.2, 0) is 6.42 Å². The van der Waals surface area contributed by atoms with Crippen molar-refractivity contribution in [3.8, 4) is 0 Å². The van der Waals surface area contributed by atoms with Gasteiger partial charge < -0.3 is 10.2 Å². The van der Waals surface area contributed by atoms with Gasteiger partial charge in [-0.1, -0.05) is 54.6 Å². The summed E-state index contributed by atoms with van der Waals surface area (Å²) in [5.74, 6) is 1.04. The number of nitrogens with zero attached hydrogens (tertiary/aromatic N) is 3. The zero-order valence-electron chi connectivity index (χ0n) is 16.0. The smallest absolute Gasteiger partial charge is 0.193 e. The molecule has 0 saturated carbocycles. The van der Waals surface area contributed by atoms with E-state index in [1.807, 2.05) is 7.05 Å². The van der Waals surface area contributed by atoms with Gasteiger partial charge in [0.05, 0.1) is 0 Å². The summed E-state index contributed by atoms with van der Waals surface area (Å²) in [6, 6.07) is 15.9. The van der Waals surface area contributed by atoms with Gasteiger partial charge in [0.2, 0.25) is 0 Å². The van der Waals surface area contributed by atoms with Crippen molar-refractivity contribution >= 4 is 40.7 Å². The molecule has 27 heavy (non-hydrogen) atoms. The summed E-state index contributed by atoms with van der Waals surface area (Å²) in [5, 5.41) is 6.25. The van der Waals surface area contributed by atoms with E-state index in [-0.39, 0.29) is 24.0 Å². The van der Waals surface area contributed by atoms with Gasteiger partial charge in [-0.15, -0.1) is 24.0 Å². The molecule has 0 amide bonds. The minimum atomic E-state index is 0. The highest BCUT2D eigenvalue weighted by atomic mass is 127. The average molecular weight is 476 g/mol. The van der Waals surface area contributed by atoms with E-state index >= 15 is 0 Å². The topological polar surface area (TPSA) is 30.9 Å². The van der Waals surface area contributed by atoms with E-state index in [2.05, 4.69) is 74.7 Å². The fourth-order valence-electron chi connectivity index (χ4n) is 4.18. The Morgan fingerprint density at radius 1 is 1.11 bits per heavy atom. The van der Waals surface area contributed by atoms with Crippen molar-refractivity contribution in [3.05, 3.63) is 60.2 Å². The predicted octanol–water partition coefficient (Wildman–Crippen LogP) is 3.52. The quantitative estimate of drug-likeness (QED) is 0.317. The summed E-state index contributed by atoms with van der Waals surface area (Å²) in [6.45, 7) is 5.29. The molecule has 144 valence electrons. The molecule has 0 aliphatic carbocycles. The van der Waals surface area contributed by atoms with Gasteiger partial charge in [-0.3, -0.25) is 9.89 Å². The van der Waals surface area contributed by atoms with Gasteiger partial charge in [0, 0.05) is 45.8 Å². The first-order valence-corrected chi connectivity index (χ1v) is 9.66. The summed E-state index contributed by atoms with van der Waals surface area (Å²) < 4.78 is 0. The van der Waals surface area contributed by atoms with E-state index in [9.17, 15) is 0 Å². The van der Waals surface area contributed by atoms with E-state index < -0.39 is 0 Å². The minimum Gasteiger partial charge on any atom is -0.356 e. The number of hydrogen-bond acceptors (Lipinski definition) is 2. The van der Waals surface area contributed by atoms with E-state index in [0.29, 0.717) is 6.04 Å². The second-order valence-corrected chi connectivity index (χ2v) is 7.18. The highest BCUT2D eigenvalue weighted by Crippen LogP contribution is 2.19. The highest BCUT2D eigenvalue weighted by molar-refractivity contribution is 14.0. The number of benzene rings is 2. The molecule has 0 aromatic heterocycles. The van der Waals surface area contributed by atoms with Crippen molar-refractivity contribution < 1.29 is 0 Å². The molecule has 1 atom stereocenters. The number of hydrogen-bond donors (Lipinski definition) is 1. The molecule has 0 spiro atoms. The number of rotatable bonds is 4. The monoisotopic (exact) mass is 476 g/mol. The third-order valence-corrected chi connectivity index (χ3v) is 5.60. The lowest BCUT2D eigenvalue weighted by Crippen LogP contribution is -2.43. The molecule has 2 aromatic rings. The van der Waals surface area contributed by atoms with Crippen LogP contribution in [0, 0.1) is 0 Å². The van der Waals surface area contributed by atoms with Crippen molar-refractivity contribution in [2.75, 3.05) is 39.8 Å². The molecule has 2 aliphatic heterocycles. The standard InChI is InChI=1S/C22H28N4.HI/c1-23-22(26-16-12-20(17-26)25-14-4-5-15-25)24-13-11-19-9-6-8-18-7-2-3-10-21(18)19;/h2-10,20H,11-17H2,1H3,(H,23,24);1H. The summed E-state index contributed by atoms with van der Waals surface area (Å²) in [6.07, 6.45) is 6.79. The summed E-state index contributed by atoms with van der Waals surface area (Å²) in [5.41, 5.74) is 1.40. The van der Waals surface area contributed by atoms with Crippen LogP contribution in [0.4, 0.5) is 0 Å². The number of halogens is 1. The number of nitrogens with one attached hydrogen (secondary N) is 1. The molecule has 2 aliphatic rings. The first kappa shape index (κ1) is 20.1. The summed E-state index contributed by atoms with van der Waals surface area (Å²) in [4.78, 5) is 9.49. The summed E-state index contributed by atoms with van der Waals surface area (Å²) >= 11 is 0. The van der Waals surface area contributed by atoms with Crippen molar-refractivity contribution in [2.24, 2.45) is 4.99 Å². The Morgan fingerprint density at radius 2 is 1.89 bits per heavy atom. The van der Waals surface area contributed by atoms with Gasteiger partial charge in [-0.05, 0) is 29.2 Å². The Morgan fingerprint density at radius 3 is 2.70 bits per heavy atom. The molecule has 1 saturated heterocycles. The number of aliphatic imine (C=N–C) groups is 1. The predicted molar refractivity (Wildman–Crippen MR) is 125 cm³/mol. The lowest BCUT2D eigenvalue weighted by atomic mass is 10.0. The number of guanidine groups is 1. The van der Waals surface area contributed by atoms with Gasteiger partial charge in [0.15, 0.2) is 5.96 Å². The number of fused-ring (bicyclic) bond motifs is 1. The normalized spacial score (nSPS) is 20.3. The lowest BCUT2D eigenvalue weighted by Gasteiger charge is -2.25. The first-order chi connectivity index (χ1) is 12.8. The van der Waals surface area contributed by atoms with Gasteiger partial charge in [-0.2, -0.15) is 0 Å². The average Bonchev–Trinajstić information content (AvgIpc) is 3.37. The van der Waals surface area contributed by atoms with Crippen molar-refractivity contribution in [1.82, 2.24) is 15.1 Å². The number of likely N-dealkylation sites (tertiary alicyclic amines) is 1. The van der Waals surface area contributed by atoms with Crippen LogP contribution >= 0.6 is 24.0 Å². The molecule has 1 N–H and O–H groups in total. The molecule has 1 unspecified atom stereocenters. The van der Waals surface area contributed by atoms with Gasteiger partial charge in [-0.25, -0.2) is 0 Å². The molecule has 4 nitrogen and oxygen atoms in total. The molecule has 5 heteroatoms. The van der Waals surface area contributed by atoms with Gasteiger partial charge in [0.1, 0.15) is 0 Å². The van der Waals surface area contributed by atoms with Crippen molar-refractivity contribution in [3.63, 3.8) is 0 Å². The lowest BCUT2D eigenvalue weighted by molar-refractivity contribution is 0.259. The minimum absolute atomic E-state index is 0. The Bertz CT molecular complexity index is 804. The maximum absolute atomic E-state index is 4.52. The van der Waals surface area contributed by atoms with Crippen molar-refractivity contribution in [1.29, 1.82) is 0 Å². The third kappa shape index (κ3) is 4.63. The fraction of sp³-hybridized carbons (Fsp3) is 0.409. The zero-order valence-corrected chi connectivity index (χ0v) is 18.3. The van der Waals surface area contributed by atoms with Gasteiger partial charge in [0.25, 0.3) is 0 Å². The van der Waals surface area contributed by atoms with Gasteiger partial charge >= 0.3 is 0 Å². The second-order valence-electron chi connectivity index (χ2n) is 7.18. The Kier molecular flexibility index (Phi) is 7.13. The molecule has 2 heterocycles. The maximum atomic E-state index is 4.52. The van der Waals surface area contributed by atoms with Crippen LogP contribution in [0.5, 0.6) is 0 Å². The first-order valence-electron chi connectivity index (χ1n) is 9.66. The maximum Gasteiger partial charge on any atom is 0.193 e. The van der Waals surface area contributed by atoms with E-state index in [1.165, 1.54) is 22.8 Å². The van der Waals surface area contributed by atoms with Crippen LogP contribution in [-0.4, -0.2) is 61.6 Å².